The van der Waals surface area contributed by atoms with Crippen molar-refractivity contribution < 1.29 is 8.42 Å². The molecule has 4 heterocycles. The zero-order chi connectivity index (χ0) is 19.3. The van der Waals surface area contributed by atoms with E-state index in [2.05, 4.69) is 9.97 Å². The standard InChI is InChI=1S/C17H22N6O3S/c1-21(2)27(25,26)22-7-11-3-13(9-22)15-4-12(5-17(24)23(15)8-11)14-6-16(18)20-10-19-14/h4-6,10-11,13H,3,7-9H2,1-2H3,(H2,18,19,20)/t11-,13+/m0/s1. The molecule has 2 atom stereocenters. The highest BCUT2D eigenvalue weighted by Crippen LogP contribution is 2.37. The second kappa shape index (κ2) is 6.39. The lowest BCUT2D eigenvalue weighted by Gasteiger charge is -2.42. The number of pyridine rings is 1. The van der Waals surface area contributed by atoms with Crippen LogP contribution in [0.5, 0.6) is 0 Å². The molecule has 2 aromatic heterocycles. The van der Waals surface area contributed by atoms with Crippen LogP contribution in [0.25, 0.3) is 11.3 Å². The molecule has 0 spiro atoms. The molecule has 4 rings (SSSR count). The molecule has 0 amide bonds. The van der Waals surface area contributed by atoms with Gasteiger partial charge >= 0.3 is 0 Å². The number of nitrogens with zero attached hydrogens (tertiary/aromatic N) is 5. The van der Waals surface area contributed by atoms with Crippen molar-refractivity contribution in [3.05, 3.63) is 40.6 Å². The Labute approximate surface area is 157 Å². The monoisotopic (exact) mass is 390 g/mol. The summed E-state index contributed by atoms with van der Waals surface area (Å²) in [6.45, 7) is 1.33. The third kappa shape index (κ3) is 3.13. The van der Waals surface area contributed by atoms with E-state index in [0.717, 1.165) is 12.1 Å². The van der Waals surface area contributed by atoms with Crippen LogP contribution in [-0.4, -0.2) is 58.7 Å². The van der Waals surface area contributed by atoms with Crippen LogP contribution < -0.4 is 11.3 Å². The normalized spacial score (nSPS) is 22.6. The van der Waals surface area contributed by atoms with E-state index in [1.807, 2.05) is 6.07 Å². The van der Waals surface area contributed by atoms with Crippen LogP contribution in [0.15, 0.2) is 29.3 Å². The van der Waals surface area contributed by atoms with E-state index in [4.69, 9.17) is 5.73 Å². The van der Waals surface area contributed by atoms with Gasteiger partial charge in [0.1, 0.15) is 12.1 Å². The fourth-order valence-electron chi connectivity index (χ4n) is 4.01. The van der Waals surface area contributed by atoms with Crippen LogP contribution in [0.4, 0.5) is 5.82 Å². The summed E-state index contributed by atoms with van der Waals surface area (Å²) in [6, 6.07) is 5.11. The second-order valence-corrected chi connectivity index (χ2v) is 9.49. The molecular formula is C17H22N6O3S. The first-order valence-corrected chi connectivity index (χ1v) is 10.2. The number of nitrogens with two attached hydrogens (primary N) is 1. The van der Waals surface area contributed by atoms with Crippen molar-refractivity contribution in [2.24, 2.45) is 5.92 Å². The molecule has 2 N–H and O–H groups in total. The molecule has 2 aliphatic heterocycles. The molecule has 1 fully saturated rings. The Morgan fingerprint density at radius 2 is 1.93 bits per heavy atom. The highest BCUT2D eigenvalue weighted by Gasteiger charge is 2.39. The van der Waals surface area contributed by atoms with Gasteiger partial charge in [-0.05, 0) is 18.4 Å². The van der Waals surface area contributed by atoms with Gasteiger partial charge in [-0.3, -0.25) is 4.79 Å². The molecule has 144 valence electrons. The van der Waals surface area contributed by atoms with E-state index in [0.29, 0.717) is 36.7 Å². The smallest absolute Gasteiger partial charge is 0.281 e. The van der Waals surface area contributed by atoms with Gasteiger partial charge in [-0.25, -0.2) is 9.97 Å². The molecule has 2 aromatic rings. The summed E-state index contributed by atoms with van der Waals surface area (Å²) in [5.74, 6) is 0.432. The van der Waals surface area contributed by atoms with E-state index in [1.165, 1.54) is 29.0 Å². The summed E-state index contributed by atoms with van der Waals surface area (Å²) in [5.41, 5.74) is 7.74. The summed E-state index contributed by atoms with van der Waals surface area (Å²) >= 11 is 0. The van der Waals surface area contributed by atoms with Crippen molar-refractivity contribution in [1.29, 1.82) is 0 Å². The molecule has 0 saturated carbocycles. The largest absolute Gasteiger partial charge is 0.384 e. The highest BCUT2D eigenvalue weighted by atomic mass is 32.2. The number of aromatic nitrogens is 3. The van der Waals surface area contributed by atoms with Gasteiger partial charge in [-0.15, -0.1) is 0 Å². The topological polar surface area (TPSA) is 114 Å². The zero-order valence-corrected chi connectivity index (χ0v) is 16.1. The summed E-state index contributed by atoms with van der Waals surface area (Å²) in [6.07, 6.45) is 2.23. The van der Waals surface area contributed by atoms with Crippen LogP contribution in [0, 0.1) is 5.92 Å². The van der Waals surface area contributed by atoms with E-state index in [-0.39, 0.29) is 17.4 Å². The number of hydrogen-bond donors (Lipinski definition) is 1. The lowest BCUT2D eigenvalue weighted by molar-refractivity contribution is 0.180. The summed E-state index contributed by atoms with van der Waals surface area (Å²) in [5, 5.41) is 0. The number of anilines is 1. The number of hydrogen-bond acceptors (Lipinski definition) is 6. The highest BCUT2D eigenvalue weighted by molar-refractivity contribution is 7.86. The van der Waals surface area contributed by atoms with Gasteiger partial charge in [-0.2, -0.15) is 17.0 Å². The molecule has 0 unspecified atom stereocenters. The van der Waals surface area contributed by atoms with Crippen molar-refractivity contribution in [3.8, 4) is 11.3 Å². The molecule has 1 saturated heterocycles. The van der Waals surface area contributed by atoms with Gasteiger partial charge in [-0.1, -0.05) is 0 Å². The van der Waals surface area contributed by atoms with E-state index in [1.54, 1.807) is 16.7 Å². The maximum absolute atomic E-state index is 12.7. The molecule has 10 heteroatoms. The second-order valence-electron chi connectivity index (χ2n) is 7.35. The lowest BCUT2D eigenvalue weighted by Crippen LogP contribution is -2.51. The number of rotatable bonds is 3. The predicted molar refractivity (Wildman–Crippen MR) is 101 cm³/mol. The Morgan fingerprint density at radius 1 is 1.15 bits per heavy atom. The average molecular weight is 390 g/mol. The van der Waals surface area contributed by atoms with Gasteiger partial charge < -0.3 is 10.3 Å². The van der Waals surface area contributed by atoms with Gasteiger partial charge in [0.25, 0.3) is 15.8 Å². The van der Waals surface area contributed by atoms with Crippen LogP contribution in [0.3, 0.4) is 0 Å². The van der Waals surface area contributed by atoms with E-state index in [9.17, 15) is 13.2 Å². The van der Waals surface area contributed by atoms with Crippen LogP contribution >= 0.6 is 0 Å². The van der Waals surface area contributed by atoms with Crippen molar-refractivity contribution in [2.75, 3.05) is 32.9 Å². The molecule has 9 nitrogen and oxygen atoms in total. The van der Waals surface area contributed by atoms with Crippen molar-refractivity contribution in [3.63, 3.8) is 0 Å². The van der Waals surface area contributed by atoms with Crippen molar-refractivity contribution in [2.45, 2.75) is 18.9 Å². The van der Waals surface area contributed by atoms with E-state index >= 15 is 0 Å². The van der Waals surface area contributed by atoms with Crippen molar-refractivity contribution >= 4 is 16.0 Å². The summed E-state index contributed by atoms with van der Waals surface area (Å²) in [4.78, 5) is 20.8. The van der Waals surface area contributed by atoms with Crippen molar-refractivity contribution in [1.82, 2.24) is 23.1 Å². The minimum Gasteiger partial charge on any atom is -0.384 e. The fraction of sp³-hybridized carbons (Fsp3) is 0.471. The molecule has 27 heavy (non-hydrogen) atoms. The van der Waals surface area contributed by atoms with Gasteiger partial charge in [0.2, 0.25) is 0 Å². The van der Waals surface area contributed by atoms with Gasteiger partial charge in [0, 0.05) is 63.0 Å². The molecular weight excluding hydrogens is 368 g/mol. The number of nitrogen functional groups attached to an aromatic ring is 1. The Kier molecular flexibility index (Phi) is 4.28. The predicted octanol–water partition coefficient (Wildman–Crippen LogP) is 0.113. The first-order valence-electron chi connectivity index (χ1n) is 8.76. The molecule has 2 aliphatic rings. The number of fused-ring (bicyclic) bond motifs is 4. The minimum atomic E-state index is -3.48. The van der Waals surface area contributed by atoms with Crippen LogP contribution in [0.2, 0.25) is 0 Å². The average Bonchev–Trinajstić information content (AvgIpc) is 2.62. The third-order valence-electron chi connectivity index (χ3n) is 5.29. The first-order chi connectivity index (χ1) is 12.8. The Balaban J connectivity index is 1.76. The lowest BCUT2D eigenvalue weighted by atomic mass is 9.83. The quantitative estimate of drug-likeness (QED) is 0.796. The summed E-state index contributed by atoms with van der Waals surface area (Å²) < 4.78 is 29.7. The Bertz CT molecular complexity index is 1050. The van der Waals surface area contributed by atoms with Crippen LogP contribution in [-0.2, 0) is 16.8 Å². The Hall–Kier alpha value is -2.30. The Morgan fingerprint density at radius 3 is 2.63 bits per heavy atom. The minimum absolute atomic E-state index is 0.0286. The fourth-order valence-corrected chi connectivity index (χ4v) is 5.24. The SMILES string of the molecule is CN(C)S(=O)(=O)N1C[C@@H]2C[C@H](C1)c1cc(-c3cc(N)ncn3)cc(=O)n1C2. The van der Waals surface area contributed by atoms with Gasteiger partial charge in [0.15, 0.2) is 0 Å². The molecule has 0 radical (unpaired) electrons. The molecule has 2 bridgehead atoms. The zero-order valence-electron chi connectivity index (χ0n) is 15.2. The maximum Gasteiger partial charge on any atom is 0.281 e. The third-order valence-corrected chi connectivity index (χ3v) is 7.17. The molecule has 0 aliphatic carbocycles. The van der Waals surface area contributed by atoms with E-state index < -0.39 is 10.2 Å². The summed E-state index contributed by atoms with van der Waals surface area (Å²) in [7, 11) is -0.405. The molecule has 0 aromatic carbocycles. The van der Waals surface area contributed by atoms with Gasteiger partial charge in [0.05, 0.1) is 5.69 Å². The maximum atomic E-state index is 12.7. The van der Waals surface area contributed by atoms with Crippen LogP contribution in [0.1, 0.15) is 18.0 Å². The number of piperidine rings is 1. The first kappa shape index (κ1) is 18.1.